The largest absolute Gasteiger partial charge is 0.293 e. The van der Waals surface area contributed by atoms with Gasteiger partial charge in [-0.15, -0.1) is 5.10 Å². The lowest BCUT2D eigenvalue weighted by atomic mass is 10.2. The maximum Gasteiger partial charge on any atom is 0.249 e. The van der Waals surface area contributed by atoms with Gasteiger partial charge < -0.3 is 0 Å². The number of amides is 1. The Morgan fingerprint density at radius 2 is 2.31 bits per heavy atom. The van der Waals surface area contributed by atoms with Gasteiger partial charge in [-0.3, -0.25) is 10.1 Å². The van der Waals surface area contributed by atoms with Gasteiger partial charge in [-0.1, -0.05) is 29.8 Å². The summed E-state index contributed by atoms with van der Waals surface area (Å²) in [6.45, 7) is 3.64. The van der Waals surface area contributed by atoms with E-state index in [1.807, 2.05) is 26.0 Å². The smallest absolute Gasteiger partial charge is 0.249 e. The summed E-state index contributed by atoms with van der Waals surface area (Å²) in [5.74, 6) is 0.158. The van der Waals surface area contributed by atoms with Crippen LogP contribution in [0.2, 0.25) is 0 Å². The molecular weight excluding hydrogens is 272 g/mol. The van der Waals surface area contributed by atoms with Crippen molar-refractivity contribution >= 4 is 33.4 Å². The molecule has 0 atom stereocenters. The van der Waals surface area contributed by atoms with Gasteiger partial charge >= 0.3 is 0 Å². The van der Waals surface area contributed by atoms with E-state index in [4.69, 9.17) is 0 Å². The first-order valence-electron chi connectivity index (χ1n) is 4.89. The molecule has 2 rings (SSSR count). The molecule has 0 aliphatic heterocycles. The number of carbonyl (C=O) groups is 1. The van der Waals surface area contributed by atoms with Crippen molar-refractivity contribution in [2.45, 2.75) is 13.8 Å². The number of nitrogens with one attached hydrogen (secondary N) is 1. The molecule has 84 valence electrons. The van der Waals surface area contributed by atoms with Crippen LogP contribution in [0.25, 0.3) is 5.65 Å². The van der Waals surface area contributed by atoms with Crippen molar-refractivity contribution in [3.63, 3.8) is 0 Å². The van der Waals surface area contributed by atoms with Crippen molar-refractivity contribution in [1.82, 2.24) is 14.6 Å². The molecule has 6 heteroatoms. The van der Waals surface area contributed by atoms with E-state index in [1.165, 1.54) is 0 Å². The Bertz CT molecular complexity index is 535. The van der Waals surface area contributed by atoms with Gasteiger partial charge in [-0.25, -0.2) is 4.52 Å². The first-order chi connectivity index (χ1) is 7.56. The average molecular weight is 283 g/mol. The predicted octanol–water partition coefficient (Wildman–Crippen LogP) is 2.09. The van der Waals surface area contributed by atoms with E-state index in [0.717, 1.165) is 4.47 Å². The van der Waals surface area contributed by atoms with Gasteiger partial charge in [0.15, 0.2) is 5.65 Å². The number of hydrogen-bond donors (Lipinski definition) is 1. The first-order valence-corrected chi connectivity index (χ1v) is 5.68. The van der Waals surface area contributed by atoms with E-state index in [0.29, 0.717) is 11.6 Å². The molecule has 2 aromatic heterocycles. The number of hydrogen-bond acceptors (Lipinski definition) is 3. The third kappa shape index (κ3) is 2.21. The van der Waals surface area contributed by atoms with E-state index in [1.54, 1.807) is 10.7 Å². The maximum absolute atomic E-state index is 11.4. The number of carbonyl (C=O) groups excluding carboxylic acids is 1. The number of fused-ring (bicyclic) bond motifs is 1. The Balaban J connectivity index is 2.29. The zero-order valence-electron chi connectivity index (χ0n) is 8.94. The van der Waals surface area contributed by atoms with Gasteiger partial charge in [0.1, 0.15) is 0 Å². The fourth-order valence-corrected chi connectivity index (χ4v) is 1.49. The Morgan fingerprint density at radius 3 is 3.00 bits per heavy atom. The second-order valence-corrected chi connectivity index (χ2v) is 4.64. The van der Waals surface area contributed by atoms with Crippen molar-refractivity contribution in [2.75, 3.05) is 5.32 Å². The third-order valence-electron chi connectivity index (χ3n) is 2.06. The van der Waals surface area contributed by atoms with Gasteiger partial charge in [0.05, 0.1) is 0 Å². The summed E-state index contributed by atoms with van der Waals surface area (Å²) in [6.07, 6.45) is 1.78. The van der Waals surface area contributed by atoms with Gasteiger partial charge in [-0.05, 0) is 12.1 Å². The van der Waals surface area contributed by atoms with Crippen LogP contribution >= 0.6 is 15.9 Å². The highest BCUT2D eigenvalue weighted by Gasteiger charge is 2.10. The summed E-state index contributed by atoms with van der Waals surface area (Å²) in [5, 5.41) is 6.78. The average Bonchev–Trinajstić information content (AvgIpc) is 2.58. The molecule has 0 aliphatic rings. The number of anilines is 1. The summed E-state index contributed by atoms with van der Waals surface area (Å²) >= 11 is 3.35. The molecule has 1 amide bonds. The minimum Gasteiger partial charge on any atom is -0.293 e. The molecule has 2 heterocycles. The molecule has 5 nitrogen and oxygen atoms in total. The Labute approximate surface area is 101 Å². The second-order valence-electron chi connectivity index (χ2n) is 3.73. The molecule has 0 bridgehead atoms. The number of aromatic nitrogens is 3. The summed E-state index contributed by atoms with van der Waals surface area (Å²) in [6, 6.07) is 3.69. The highest BCUT2D eigenvalue weighted by Crippen LogP contribution is 2.13. The fourth-order valence-electron chi connectivity index (χ4n) is 1.16. The number of pyridine rings is 1. The van der Waals surface area contributed by atoms with Gasteiger partial charge in [-0.2, -0.15) is 4.98 Å². The molecule has 0 unspecified atom stereocenters. The van der Waals surface area contributed by atoms with Crippen LogP contribution in [0.3, 0.4) is 0 Å². The van der Waals surface area contributed by atoms with Crippen molar-refractivity contribution in [1.29, 1.82) is 0 Å². The van der Waals surface area contributed by atoms with Crippen LogP contribution in [-0.2, 0) is 4.79 Å². The quantitative estimate of drug-likeness (QED) is 0.918. The molecule has 0 fully saturated rings. The maximum atomic E-state index is 11.4. The summed E-state index contributed by atoms with van der Waals surface area (Å²) in [7, 11) is 0. The zero-order valence-corrected chi connectivity index (χ0v) is 10.5. The molecule has 0 radical (unpaired) electrons. The number of halogens is 1. The summed E-state index contributed by atoms with van der Waals surface area (Å²) in [5.41, 5.74) is 0.688. The molecular formula is C10H11BrN4O. The SMILES string of the molecule is CC(C)C(=O)Nc1nc2cc(Br)ccn2n1. The minimum atomic E-state index is -0.0880. The van der Waals surface area contributed by atoms with Gasteiger partial charge in [0.2, 0.25) is 11.9 Å². The van der Waals surface area contributed by atoms with E-state index < -0.39 is 0 Å². The van der Waals surface area contributed by atoms with Crippen LogP contribution in [0.4, 0.5) is 5.95 Å². The van der Waals surface area contributed by atoms with Crippen LogP contribution < -0.4 is 5.32 Å². The van der Waals surface area contributed by atoms with Crippen molar-refractivity contribution in [3.05, 3.63) is 22.8 Å². The molecule has 1 N–H and O–H groups in total. The van der Waals surface area contributed by atoms with Crippen molar-refractivity contribution in [3.8, 4) is 0 Å². The number of nitrogens with zero attached hydrogens (tertiary/aromatic N) is 3. The van der Waals surface area contributed by atoms with Gasteiger partial charge in [0, 0.05) is 16.6 Å². The van der Waals surface area contributed by atoms with Crippen LogP contribution in [0.15, 0.2) is 22.8 Å². The lowest BCUT2D eigenvalue weighted by Crippen LogP contribution is -2.18. The number of rotatable bonds is 2. The highest BCUT2D eigenvalue weighted by atomic mass is 79.9. The molecule has 0 saturated carbocycles. The van der Waals surface area contributed by atoms with E-state index in [9.17, 15) is 4.79 Å². The second kappa shape index (κ2) is 4.21. The van der Waals surface area contributed by atoms with Crippen LogP contribution in [0.1, 0.15) is 13.8 Å². The highest BCUT2D eigenvalue weighted by molar-refractivity contribution is 9.10. The fraction of sp³-hybridized carbons (Fsp3) is 0.300. The summed E-state index contributed by atoms with van der Waals surface area (Å²) < 4.78 is 2.54. The molecule has 0 saturated heterocycles. The topological polar surface area (TPSA) is 59.3 Å². The van der Waals surface area contributed by atoms with Crippen molar-refractivity contribution < 1.29 is 4.79 Å². The third-order valence-corrected chi connectivity index (χ3v) is 2.55. The normalized spacial score (nSPS) is 11.0. The monoisotopic (exact) mass is 282 g/mol. The molecule has 2 aromatic rings. The molecule has 0 aliphatic carbocycles. The lowest BCUT2D eigenvalue weighted by Gasteiger charge is -2.01. The summed E-state index contributed by atoms with van der Waals surface area (Å²) in [4.78, 5) is 15.6. The Hall–Kier alpha value is -1.43. The van der Waals surface area contributed by atoms with Crippen LogP contribution in [-0.4, -0.2) is 20.5 Å². The lowest BCUT2D eigenvalue weighted by molar-refractivity contribution is -0.118. The van der Waals surface area contributed by atoms with E-state index >= 15 is 0 Å². The molecule has 16 heavy (non-hydrogen) atoms. The minimum absolute atomic E-state index is 0.0849. The van der Waals surface area contributed by atoms with Crippen LogP contribution in [0, 0.1) is 5.92 Å². The first kappa shape index (κ1) is 11.1. The zero-order chi connectivity index (χ0) is 11.7. The molecule has 0 aromatic carbocycles. The van der Waals surface area contributed by atoms with Gasteiger partial charge in [0.25, 0.3) is 0 Å². The Morgan fingerprint density at radius 1 is 1.56 bits per heavy atom. The molecule has 0 spiro atoms. The predicted molar refractivity (Wildman–Crippen MR) is 64.2 cm³/mol. The van der Waals surface area contributed by atoms with E-state index in [2.05, 4.69) is 31.3 Å². The standard InChI is InChI=1S/C10H11BrN4O/c1-6(2)9(16)13-10-12-8-5-7(11)3-4-15(8)14-10/h3-6H,1-2H3,(H,13,14,16). The van der Waals surface area contributed by atoms with Crippen LogP contribution in [0.5, 0.6) is 0 Å². The van der Waals surface area contributed by atoms with E-state index in [-0.39, 0.29) is 11.8 Å². The van der Waals surface area contributed by atoms with Crippen molar-refractivity contribution in [2.24, 2.45) is 5.92 Å². The Kier molecular flexibility index (Phi) is 2.91.